The number of aromatic nitrogens is 2. The zero-order valence-electron chi connectivity index (χ0n) is 15.3. The Bertz CT molecular complexity index is 980. The second-order valence-electron chi connectivity index (χ2n) is 7.06. The fourth-order valence-electron chi connectivity index (χ4n) is 3.94. The number of amides is 3. The first kappa shape index (κ1) is 18.2. The molecule has 0 radical (unpaired) electrons. The third kappa shape index (κ3) is 2.94. The molecule has 2 aliphatic rings. The summed E-state index contributed by atoms with van der Waals surface area (Å²) in [6, 6.07) is 3.38. The number of nitrogens with one attached hydrogen (secondary N) is 1. The number of hydrogen-bond donors (Lipinski definition) is 2. The minimum atomic E-state index is -0.976. The molecule has 1 aromatic carbocycles. The Morgan fingerprint density at radius 2 is 1.96 bits per heavy atom. The summed E-state index contributed by atoms with van der Waals surface area (Å²) in [5.74, 6) is -1.76. The van der Waals surface area contributed by atoms with E-state index in [1.54, 1.807) is 19.2 Å². The van der Waals surface area contributed by atoms with E-state index >= 15 is 4.39 Å². The van der Waals surface area contributed by atoms with Gasteiger partial charge in [-0.25, -0.2) is 9.18 Å². The van der Waals surface area contributed by atoms with E-state index < -0.39 is 23.7 Å². The number of aryl methyl sites for hydroxylation is 1. The molecular formula is C18H20FN5O4. The number of hydrogen-bond acceptors (Lipinski definition) is 5. The molecule has 2 fully saturated rings. The van der Waals surface area contributed by atoms with Crippen molar-refractivity contribution in [2.75, 3.05) is 31.1 Å². The number of imide groups is 1. The van der Waals surface area contributed by atoms with Gasteiger partial charge >= 0.3 is 6.09 Å². The number of benzene rings is 1. The van der Waals surface area contributed by atoms with E-state index in [1.165, 1.54) is 9.58 Å². The molecule has 9 nitrogen and oxygen atoms in total. The topological polar surface area (TPSA) is 108 Å². The summed E-state index contributed by atoms with van der Waals surface area (Å²) < 4.78 is 16.7. The van der Waals surface area contributed by atoms with Crippen LogP contribution in [0.3, 0.4) is 0 Å². The number of carboxylic acid groups (broad SMARTS) is 1. The van der Waals surface area contributed by atoms with Gasteiger partial charge in [-0.15, -0.1) is 0 Å². The van der Waals surface area contributed by atoms with Gasteiger partial charge in [0.15, 0.2) is 5.82 Å². The van der Waals surface area contributed by atoms with Crippen molar-refractivity contribution in [3.05, 3.63) is 23.6 Å². The van der Waals surface area contributed by atoms with E-state index in [0.29, 0.717) is 49.4 Å². The Morgan fingerprint density at radius 1 is 1.25 bits per heavy atom. The standard InChI is InChI=1S/C18H20FN5O4/c1-22-16-10(15(21-22)11-3-5-13(25)20-17(11)26)2-4-12(14(16)19)23-6-8-24(9-7-23)18(27)28/h2,4,11H,3,5-9H2,1H3,(H,27,28)(H,20,25,26). The summed E-state index contributed by atoms with van der Waals surface area (Å²) in [5.41, 5.74) is 1.14. The number of carbonyl (C=O) groups is 3. The Hall–Kier alpha value is -3.17. The van der Waals surface area contributed by atoms with E-state index in [4.69, 9.17) is 5.11 Å². The highest BCUT2D eigenvalue weighted by molar-refractivity contribution is 6.02. The van der Waals surface area contributed by atoms with Gasteiger partial charge in [0.2, 0.25) is 11.8 Å². The molecule has 3 amide bonds. The number of rotatable bonds is 2. The molecule has 28 heavy (non-hydrogen) atoms. The van der Waals surface area contributed by atoms with Crippen LogP contribution >= 0.6 is 0 Å². The van der Waals surface area contributed by atoms with Gasteiger partial charge in [-0.3, -0.25) is 19.6 Å². The van der Waals surface area contributed by atoms with Crippen molar-refractivity contribution in [1.29, 1.82) is 0 Å². The van der Waals surface area contributed by atoms with Crippen molar-refractivity contribution in [1.82, 2.24) is 20.0 Å². The maximum Gasteiger partial charge on any atom is 0.407 e. The average molecular weight is 389 g/mol. The highest BCUT2D eigenvalue weighted by Crippen LogP contribution is 2.34. The molecule has 10 heteroatoms. The molecule has 0 aliphatic carbocycles. The number of nitrogens with zero attached hydrogens (tertiary/aromatic N) is 4. The van der Waals surface area contributed by atoms with Crippen LogP contribution < -0.4 is 10.2 Å². The number of fused-ring (bicyclic) bond motifs is 1. The number of piperidine rings is 1. The van der Waals surface area contributed by atoms with Crippen molar-refractivity contribution in [2.24, 2.45) is 7.05 Å². The maximum atomic E-state index is 15.3. The molecule has 1 unspecified atom stereocenters. The molecule has 1 aromatic heterocycles. The van der Waals surface area contributed by atoms with Crippen molar-refractivity contribution in [3.63, 3.8) is 0 Å². The highest BCUT2D eigenvalue weighted by Gasteiger charge is 2.33. The van der Waals surface area contributed by atoms with Crippen LogP contribution in [0.1, 0.15) is 24.5 Å². The summed E-state index contributed by atoms with van der Waals surface area (Å²) >= 11 is 0. The normalized spacial score (nSPS) is 20.6. The SMILES string of the molecule is Cn1nc(C2CCC(=O)NC2=O)c2ccc(N3CCN(C(=O)O)CC3)c(F)c21. The summed E-state index contributed by atoms with van der Waals surface area (Å²) in [7, 11) is 1.62. The first-order valence-electron chi connectivity index (χ1n) is 9.08. The summed E-state index contributed by atoms with van der Waals surface area (Å²) in [5, 5.41) is 16.3. The molecule has 2 aromatic rings. The third-order valence-corrected chi connectivity index (χ3v) is 5.41. The first-order chi connectivity index (χ1) is 13.4. The molecule has 2 saturated heterocycles. The van der Waals surface area contributed by atoms with Gasteiger partial charge in [0.05, 0.1) is 17.3 Å². The predicted octanol–water partition coefficient (Wildman–Crippen LogP) is 1.03. The molecule has 1 atom stereocenters. The van der Waals surface area contributed by atoms with Gasteiger partial charge < -0.3 is 14.9 Å². The van der Waals surface area contributed by atoms with Crippen molar-refractivity contribution in [3.8, 4) is 0 Å². The lowest BCUT2D eigenvalue weighted by Crippen LogP contribution is -2.48. The van der Waals surface area contributed by atoms with Gasteiger partial charge in [0, 0.05) is 45.0 Å². The molecule has 0 bridgehead atoms. The van der Waals surface area contributed by atoms with Crippen LogP contribution in [0.4, 0.5) is 14.9 Å². The van der Waals surface area contributed by atoms with Crippen LogP contribution in [0.25, 0.3) is 10.9 Å². The van der Waals surface area contributed by atoms with Gasteiger partial charge in [0.25, 0.3) is 0 Å². The quantitative estimate of drug-likeness (QED) is 0.743. The van der Waals surface area contributed by atoms with Gasteiger partial charge in [-0.2, -0.15) is 5.10 Å². The minimum Gasteiger partial charge on any atom is -0.465 e. The average Bonchev–Trinajstić information content (AvgIpc) is 2.99. The first-order valence-corrected chi connectivity index (χ1v) is 9.08. The lowest BCUT2D eigenvalue weighted by molar-refractivity contribution is -0.134. The largest absolute Gasteiger partial charge is 0.465 e. The van der Waals surface area contributed by atoms with Crippen molar-refractivity contribution in [2.45, 2.75) is 18.8 Å². The van der Waals surface area contributed by atoms with E-state index in [0.717, 1.165) is 0 Å². The highest BCUT2D eigenvalue weighted by atomic mass is 19.1. The molecular weight excluding hydrogens is 369 g/mol. The van der Waals surface area contributed by atoms with Gasteiger partial charge in [-0.1, -0.05) is 0 Å². The fraction of sp³-hybridized carbons (Fsp3) is 0.444. The molecule has 3 heterocycles. The van der Waals surface area contributed by atoms with Gasteiger partial charge in [0.1, 0.15) is 5.52 Å². The molecule has 2 N–H and O–H groups in total. The number of anilines is 1. The Labute approximate surface area is 159 Å². The van der Waals surface area contributed by atoms with Crippen LogP contribution in [0, 0.1) is 5.82 Å². The molecule has 0 saturated carbocycles. The maximum absolute atomic E-state index is 15.3. The summed E-state index contributed by atoms with van der Waals surface area (Å²) in [4.78, 5) is 37.8. The van der Waals surface area contributed by atoms with Crippen LogP contribution in [-0.4, -0.2) is 63.9 Å². The molecule has 148 valence electrons. The van der Waals surface area contributed by atoms with Crippen LogP contribution in [-0.2, 0) is 16.6 Å². The molecule has 0 spiro atoms. The number of halogens is 1. The smallest absolute Gasteiger partial charge is 0.407 e. The van der Waals surface area contributed by atoms with Crippen molar-refractivity contribution < 1.29 is 23.9 Å². The predicted molar refractivity (Wildman–Crippen MR) is 97.6 cm³/mol. The second kappa shape index (κ2) is 6.77. The zero-order valence-corrected chi connectivity index (χ0v) is 15.3. The fourth-order valence-corrected chi connectivity index (χ4v) is 3.94. The third-order valence-electron chi connectivity index (χ3n) is 5.41. The van der Waals surface area contributed by atoms with E-state index in [9.17, 15) is 14.4 Å². The molecule has 2 aliphatic heterocycles. The Morgan fingerprint density at radius 3 is 2.61 bits per heavy atom. The number of piperazine rings is 1. The van der Waals surface area contributed by atoms with E-state index in [-0.39, 0.29) is 17.8 Å². The van der Waals surface area contributed by atoms with E-state index in [2.05, 4.69) is 10.4 Å². The van der Waals surface area contributed by atoms with E-state index in [1.807, 2.05) is 4.90 Å². The van der Waals surface area contributed by atoms with Crippen LogP contribution in [0.5, 0.6) is 0 Å². The zero-order chi connectivity index (χ0) is 20.0. The minimum absolute atomic E-state index is 0.225. The lowest BCUT2D eigenvalue weighted by atomic mass is 9.92. The lowest BCUT2D eigenvalue weighted by Gasteiger charge is -2.34. The van der Waals surface area contributed by atoms with Crippen molar-refractivity contribution >= 4 is 34.5 Å². The Kier molecular flexibility index (Phi) is 4.40. The monoisotopic (exact) mass is 389 g/mol. The van der Waals surface area contributed by atoms with Gasteiger partial charge in [-0.05, 0) is 18.6 Å². The number of carbonyl (C=O) groups excluding carboxylic acids is 2. The van der Waals surface area contributed by atoms with Crippen LogP contribution in [0.2, 0.25) is 0 Å². The summed E-state index contributed by atoms with van der Waals surface area (Å²) in [6.45, 7) is 1.40. The van der Waals surface area contributed by atoms with Crippen LogP contribution in [0.15, 0.2) is 12.1 Å². The Balaban J connectivity index is 1.67. The summed E-state index contributed by atoms with van der Waals surface area (Å²) in [6.07, 6.45) is -0.406. The molecule has 4 rings (SSSR count). The second-order valence-corrected chi connectivity index (χ2v) is 7.06.